The van der Waals surface area contributed by atoms with Crippen molar-refractivity contribution in [3.8, 4) is 0 Å². The average molecular weight is 350 g/mol. The fraction of sp³-hybridized carbons (Fsp3) is 0.737. The minimum absolute atomic E-state index is 0.0523. The van der Waals surface area contributed by atoms with Crippen molar-refractivity contribution in [1.82, 2.24) is 10.2 Å². The van der Waals surface area contributed by atoms with Crippen molar-refractivity contribution in [1.29, 1.82) is 0 Å². The minimum Gasteiger partial charge on any atom is -0.464 e. The highest BCUT2D eigenvalue weighted by molar-refractivity contribution is 5.95. The van der Waals surface area contributed by atoms with Crippen molar-refractivity contribution in [2.75, 3.05) is 33.4 Å². The molecule has 0 bridgehead atoms. The van der Waals surface area contributed by atoms with E-state index in [0.717, 1.165) is 38.4 Å². The summed E-state index contributed by atoms with van der Waals surface area (Å²) in [5, 5.41) is 3.20. The topological polar surface area (TPSA) is 63.9 Å². The number of nitrogens with zero attached hydrogens (tertiary/aromatic N) is 1. The minimum atomic E-state index is -0.0523. The standard InChI is InChI=1S/C19H30N2O4/c1-5-21(6-2)10-13-9-15(12(3)25-13)19(22)20-17-14-7-8-24-18(14)16(17)11-23-4/h9,14,16-18H,5-8,10-11H2,1-4H3,(H,20,22)/t14-,16-,17-,18-/m1/s1. The first-order chi connectivity index (χ1) is 12.1. The lowest BCUT2D eigenvalue weighted by atomic mass is 9.67. The van der Waals surface area contributed by atoms with E-state index in [4.69, 9.17) is 13.9 Å². The number of nitrogens with one attached hydrogen (secondary N) is 1. The lowest BCUT2D eigenvalue weighted by molar-refractivity contribution is -0.0809. The number of amides is 1. The van der Waals surface area contributed by atoms with Gasteiger partial charge in [0, 0.05) is 31.6 Å². The molecule has 0 spiro atoms. The summed E-state index contributed by atoms with van der Waals surface area (Å²) in [6.45, 7) is 10.2. The van der Waals surface area contributed by atoms with Crippen LogP contribution in [0.3, 0.4) is 0 Å². The van der Waals surface area contributed by atoms with Crippen molar-refractivity contribution in [2.24, 2.45) is 11.8 Å². The zero-order valence-corrected chi connectivity index (χ0v) is 15.7. The van der Waals surface area contributed by atoms with Crippen molar-refractivity contribution in [2.45, 2.75) is 45.9 Å². The molecule has 0 aromatic carbocycles. The first kappa shape index (κ1) is 18.4. The molecule has 1 saturated carbocycles. The number of rotatable bonds is 8. The molecule has 1 aliphatic carbocycles. The second kappa shape index (κ2) is 7.89. The molecular weight excluding hydrogens is 320 g/mol. The predicted molar refractivity (Wildman–Crippen MR) is 94.5 cm³/mol. The van der Waals surface area contributed by atoms with Gasteiger partial charge < -0.3 is 19.2 Å². The Kier molecular flexibility index (Phi) is 5.81. The van der Waals surface area contributed by atoms with Gasteiger partial charge in [0.25, 0.3) is 5.91 Å². The van der Waals surface area contributed by atoms with E-state index in [9.17, 15) is 4.79 Å². The Labute approximate surface area is 149 Å². The molecule has 0 radical (unpaired) electrons. The van der Waals surface area contributed by atoms with Crippen LogP contribution in [0.15, 0.2) is 10.5 Å². The van der Waals surface area contributed by atoms with Crippen LogP contribution in [0.4, 0.5) is 0 Å². The van der Waals surface area contributed by atoms with Crippen molar-refractivity contribution >= 4 is 5.91 Å². The quantitative estimate of drug-likeness (QED) is 0.779. The van der Waals surface area contributed by atoms with Crippen LogP contribution in [0.25, 0.3) is 0 Å². The van der Waals surface area contributed by atoms with Gasteiger partial charge in [-0.15, -0.1) is 0 Å². The van der Waals surface area contributed by atoms with Gasteiger partial charge in [-0.1, -0.05) is 13.8 Å². The third-order valence-corrected chi connectivity index (χ3v) is 5.67. The van der Waals surface area contributed by atoms with Crippen LogP contribution in [0, 0.1) is 18.8 Å². The fourth-order valence-corrected chi connectivity index (χ4v) is 4.18. The second-order valence-corrected chi connectivity index (χ2v) is 7.05. The van der Waals surface area contributed by atoms with Gasteiger partial charge in [0.1, 0.15) is 11.5 Å². The summed E-state index contributed by atoms with van der Waals surface area (Å²) in [6, 6.07) is 2.01. The number of hydrogen-bond donors (Lipinski definition) is 1. The molecule has 4 atom stereocenters. The van der Waals surface area contributed by atoms with Crippen molar-refractivity contribution < 1.29 is 18.7 Å². The van der Waals surface area contributed by atoms with Gasteiger partial charge in [0.05, 0.1) is 24.8 Å². The molecule has 1 N–H and O–H groups in total. The van der Waals surface area contributed by atoms with E-state index < -0.39 is 0 Å². The number of furan rings is 1. The van der Waals surface area contributed by atoms with Crippen LogP contribution >= 0.6 is 0 Å². The molecule has 2 fully saturated rings. The maximum absolute atomic E-state index is 12.8. The molecule has 1 aliphatic heterocycles. The molecule has 1 aromatic rings. The molecule has 1 aromatic heterocycles. The van der Waals surface area contributed by atoms with Crippen LogP contribution in [0.2, 0.25) is 0 Å². The fourth-order valence-electron chi connectivity index (χ4n) is 4.18. The molecular formula is C19H30N2O4. The summed E-state index contributed by atoms with van der Waals surface area (Å²) in [4.78, 5) is 15.0. The first-order valence-electron chi connectivity index (χ1n) is 9.32. The Balaban J connectivity index is 1.66. The summed E-state index contributed by atoms with van der Waals surface area (Å²) in [5.74, 6) is 2.12. The molecule has 6 heteroatoms. The number of ether oxygens (including phenoxy) is 2. The largest absolute Gasteiger partial charge is 0.464 e. The number of carbonyl (C=O) groups excluding carboxylic acids is 1. The van der Waals surface area contributed by atoms with Crippen molar-refractivity contribution in [3.05, 3.63) is 23.2 Å². The summed E-state index contributed by atoms with van der Waals surface area (Å²) >= 11 is 0. The molecule has 6 nitrogen and oxygen atoms in total. The monoisotopic (exact) mass is 350 g/mol. The molecule has 1 saturated heterocycles. The van der Waals surface area contributed by atoms with Gasteiger partial charge >= 0.3 is 0 Å². The van der Waals surface area contributed by atoms with Crippen LogP contribution in [-0.2, 0) is 16.0 Å². The smallest absolute Gasteiger partial charge is 0.255 e. The second-order valence-electron chi connectivity index (χ2n) is 7.05. The van der Waals surface area contributed by atoms with E-state index in [-0.39, 0.29) is 24.0 Å². The highest BCUT2D eigenvalue weighted by Crippen LogP contribution is 2.43. The lowest BCUT2D eigenvalue weighted by Crippen LogP contribution is -2.62. The number of methoxy groups -OCH3 is 1. The zero-order chi connectivity index (χ0) is 18.0. The van der Waals surface area contributed by atoms with Crippen LogP contribution in [0.5, 0.6) is 0 Å². The van der Waals surface area contributed by atoms with E-state index in [2.05, 4.69) is 24.1 Å². The number of carbonyl (C=O) groups is 1. The van der Waals surface area contributed by atoms with Gasteiger partial charge in [0.2, 0.25) is 0 Å². The summed E-state index contributed by atoms with van der Waals surface area (Å²) in [7, 11) is 1.70. The SMILES string of the molecule is CCN(CC)Cc1cc(C(=O)N[C@@H]2[C@H]3CCO[C@H]3[C@@H]2COC)c(C)o1. The molecule has 25 heavy (non-hydrogen) atoms. The summed E-state index contributed by atoms with van der Waals surface area (Å²) in [6.07, 6.45) is 1.24. The van der Waals surface area contributed by atoms with Gasteiger partial charge in [0.15, 0.2) is 0 Å². The molecule has 140 valence electrons. The third-order valence-electron chi connectivity index (χ3n) is 5.67. The van der Waals surface area contributed by atoms with E-state index in [1.165, 1.54) is 0 Å². The number of aryl methyl sites for hydroxylation is 1. The van der Waals surface area contributed by atoms with Crippen LogP contribution < -0.4 is 5.32 Å². The summed E-state index contributed by atoms with van der Waals surface area (Å²) < 4.78 is 16.9. The Morgan fingerprint density at radius 2 is 2.16 bits per heavy atom. The zero-order valence-electron chi connectivity index (χ0n) is 15.7. The first-order valence-corrected chi connectivity index (χ1v) is 9.32. The highest BCUT2D eigenvalue weighted by Gasteiger charge is 2.54. The van der Waals surface area contributed by atoms with E-state index in [0.29, 0.717) is 23.8 Å². The average Bonchev–Trinajstić information content (AvgIpc) is 3.19. The van der Waals surface area contributed by atoms with E-state index in [1.807, 2.05) is 13.0 Å². The Bertz CT molecular complexity index is 596. The molecule has 2 aliphatic rings. The maximum atomic E-state index is 12.8. The lowest BCUT2D eigenvalue weighted by Gasteiger charge is -2.47. The van der Waals surface area contributed by atoms with Crippen molar-refractivity contribution in [3.63, 3.8) is 0 Å². The van der Waals surface area contributed by atoms with Gasteiger partial charge in [-0.25, -0.2) is 0 Å². The Morgan fingerprint density at radius 1 is 1.40 bits per heavy atom. The predicted octanol–water partition coefficient (Wildman–Crippen LogP) is 2.21. The molecule has 1 amide bonds. The Morgan fingerprint density at radius 3 is 2.84 bits per heavy atom. The number of fused-ring (bicyclic) bond motifs is 1. The van der Waals surface area contributed by atoms with E-state index in [1.54, 1.807) is 7.11 Å². The maximum Gasteiger partial charge on any atom is 0.255 e. The normalized spacial score (nSPS) is 28.0. The molecule has 3 rings (SSSR count). The van der Waals surface area contributed by atoms with Crippen LogP contribution in [0.1, 0.15) is 42.1 Å². The summed E-state index contributed by atoms with van der Waals surface area (Å²) in [5.41, 5.74) is 0.640. The van der Waals surface area contributed by atoms with Gasteiger partial charge in [-0.2, -0.15) is 0 Å². The highest BCUT2D eigenvalue weighted by atomic mass is 16.5. The van der Waals surface area contributed by atoms with Crippen LogP contribution in [-0.4, -0.2) is 56.4 Å². The van der Waals surface area contributed by atoms with E-state index >= 15 is 0 Å². The Hall–Kier alpha value is -1.37. The van der Waals surface area contributed by atoms with Gasteiger partial charge in [-0.05, 0) is 32.5 Å². The third kappa shape index (κ3) is 3.61. The molecule has 0 unspecified atom stereocenters. The molecule has 2 heterocycles. The number of hydrogen-bond acceptors (Lipinski definition) is 5. The van der Waals surface area contributed by atoms with Gasteiger partial charge in [-0.3, -0.25) is 9.69 Å².